The van der Waals surface area contributed by atoms with Gasteiger partial charge in [0.2, 0.25) is 0 Å². The van der Waals surface area contributed by atoms with E-state index in [0.29, 0.717) is 28.8 Å². The molecule has 2 aromatic heterocycles. The van der Waals surface area contributed by atoms with Gasteiger partial charge in [-0.2, -0.15) is 0 Å². The molecule has 0 spiro atoms. The Morgan fingerprint density at radius 1 is 1.40 bits per heavy atom. The van der Waals surface area contributed by atoms with Crippen LogP contribution in [0.3, 0.4) is 0 Å². The second-order valence-electron chi connectivity index (χ2n) is 5.57. The number of methoxy groups -OCH3 is 1. The first-order valence-electron chi connectivity index (χ1n) is 7.77. The van der Waals surface area contributed by atoms with Crippen LogP contribution in [0.15, 0.2) is 53.3 Å². The summed E-state index contributed by atoms with van der Waals surface area (Å²) in [7, 11) is 1.35. The summed E-state index contributed by atoms with van der Waals surface area (Å²) in [5.41, 5.74) is 2.89. The number of aliphatic hydroxyl groups is 1. The third-order valence-corrected chi connectivity index (χ3v) is 4.47. The third-order valence-electron chi connectivity index (χ3n) is 3.89. The summed E-state index contributed by atoms with van der Waals surface area (Å²) < 4.78 is 7.32. The van der Waals surface area contributed by atoms with Crippen molar-refractivity contribution in [1.29, 1.82) is 0 Å². The van der Waals surface area contributed by atoms with Gasteiger partial charge < -0.3 is 19.6 Å². The Morgan fingerprint density at radius 3 is 2.88 bits per heavy atom. The highest BCUT2D eigenvalue weighted by molar-refractivity contribution is 9.10. The van der Waals surface area contributed by atoms with Gasteiger partial charge >= 0.3 is 5.97 Å². The van der Waals surface area contributed by atoms with Crippen molar-refractivity contribution in [2.75, 3.05) is 13.7 Å². The first kappa shape index (κ1) is 17.6. The Labute approximate surface area is 153 Å². The second-order valence-corrected chi connectivity index (χ2v) is 6.42. The number of fused-ring (bicyclic) bond motifs is 1. The lowest BCUT2D eigenvalue weighted by molar-refractivity contribution is 0.0600. The van der Waals surface area contributed by atoms with Crippen LogP contribution in [-0.2, 0) is 11.3 Å². The molecule has 130 valence electrons. The molecule has 2 heterocycles. The maximum atomic E-state index is 11.8. The SMILES string of the molecule is COC(=O)c1cc(Br)c2ncc(CNC[C@@H](O)c3ccccc3)n2c1. The van der Waals surface area contributed by atoms with Crippen LogP contribution in [0.1, 0.15) is 27.7 Å². The zero-order valence-corrected chi connectivity index (χ0v) is 15.2. The van der Waals surface area contributed by atoms with Crippen molar-refractivity contribution in [2.24, 2.45) is 0 Å². The van der Waals surface area contributed by atoms with Crippen LogP contribution in [0, 0.1) is 0 Å². The Hall–Kier alpha value is -2.22. The summed E-state index contributed by atoms with van der Waals surface area (Å²) in [6.07, 6.45) is 2.85. The molecule has 2 N–H and O–H groups in total. The molecule has 1 atom stereocenters. The fourth-order valence-corrected chi connectivity index (χ4v) is 3.12. The minimum Gasteiger partial charge on any atom is -0.465 e. The molecule has 0 amide bonds. The van der Waals surface area contributed by atoms with Crippen LogP contribution in [0.4, 0.5) is 0 Å². The van der Waals surface area contributed by atoms with Crippen LogP contribution in [0.2, 0.25) is 0 Å². The van der Waals surface area contributed by atoms with Gasteiger partial charge in [0.25, 0.3) is 0 Å². The van der Waals surface area contributed by atoms with Crippen LogP contribution < -0.4 is 5.32 Å². The topological polar surface area (TPSA) is 75.9 Å². The van der Waals surface area contributed by atoms with Crippen molar-refractivity contribution in [1.82, 2.24) is 14.7 Å². The molecule has 0 unspecified atom stereocenters. The molecule has 0 fully saturated rings. The molecule has 0 saturated heterocycles. The van der Waals surface area contributed by atoms with E-state index < -0.39 is 12.1 Å². The Morgan fingerprint density at radius 2 is 2.16 bits per heavy atom. The number of ether oxygens (including phenoxy) is 1. The van der Waals surface area contributed by atoms with Crippen LogP contribution in [0.5, 0.6) is 0 Å². The summed E-state index contributed by atoms with van der Waals surface area (Å²) in [6.45, 7) is 0.914. The number of hydrogen-bond donors (Lipinski definition) is 2. The van der Waals surface area contributed by atoms with Crippen LogP contribution in [-0.4, -0.2) is 34.1 Å². The molecule has 3 rings (SSSR count). The molecular formula is C18H18BrN3O3. The first-order valence-corrected chi connectivity index (χ1v) is 8.57. The first-order chi connectivity index (χ1) is 12.1. The zero-order valence-electron chi connectivity index (χ0n) is 13.6. The summed E-state index contributed by atoms with van der Waals surface area (Å²) in [5.74, 6) is -0.408. The number of carbonyl (C=O) groups excluding carboxylic acids is 1. The molecule has 0 saturated carbocycles. The molecule has 0 aliphatic rings. The molecule has 6 nitrogen and oxygen atoms in total. The van der Waals surface area contributed by atoms with Crippen LogP contribution in [0.25, 0.3) is 5.65 Å². The molecule has 0 aliphatic heterocycles. The Bertz CT molecular complexity index is 880. The molecular weight excluding hydrogens is 386 g/mol. The van der Waals surface area contributed by atoms with E-state index in [-0.39, 0.29) is 0 Å². The molecule has 0 aliphatic carbocycles. The second kappa shape index (κ2) is 7.77. The lowest BCUT2D eigenvalue weighted by Crippen LogP contribution is -2.21. The van der Waals surface area contributed by atoms with Crippen LogP contribution >= 0.6 is 15.9 Å². The number of carbonyl (C=O) groups is 1. The highest BCUT2D eigenvalue weighted by Gasteiger charge is 2.13. The van der Waals surface area contributed by atoms with E-state index >= 15 is 0 Å². The summed E-state index contributed by atoms with van der Waals surface area (Å²) in [4.78, 5) is 16.1. The molecule has 25 heavy (non-hydrogen) atoms. The zero-order chi connectivity index (χ0) is 17.8. The number of aliphatic hydroxyl groups excluding tert-OH is 1. The molecule has 0 bridgehead atoms. The third kappa shape index (κ3) is 3.89. The minimum absolute atomic E-state index is 0.408. The standard InChI is InChI=1S/C18H18BrN3O3/c1-25-18(24)13-7-15(19)17-21-9-14(22(17)11-13)8-20-10-16(23)12-5-3-2-4-6-12/h2-7,9,11,16,20,23H,8,10H2,1H3/t16-/m1/s1. The number of halogens is 1. The van der Waals surface area contributed by atoms with Gasteiger partial charge in [-0.15, -0.1) is 0 Å². The Balaban J connectivity index is 1.73. The molecule has 3 aromatic rings. The molecule has 1 aromatic carbocycles. The van der Waals surface area contributed by atoms with Crippen molar-refractivity contribution in [3.8, 4) is 0 Å². The van der Waals surface area contributed by atoms with Gasteiger partial charge in [0.05, 0.1) is 35.1 Å². The Kier molecular flexibility index (Phi) is 5.47. The minimum atomic E-state index is -0.585. The van der Waals surface area contributed by atoms with E-state index in [1.54, 1.807) is 18.5 Å². The quantitative estimate of drug-likeness (QED) is 0.618. The predicted molar refractivity (Wildman–Crippen MR) is 97.3 cm³/mol. The van der Waals surface area contributed by atoms with Crippen molar-refractivity contribution in [2.45, 2.75) is 12.6 Å². The van der Waals surface area contributed by atoms with E-state index in [2.05, 4.69) is 26.2 Å². The number of aromatic nitrogens is 2. The number of nitrogens with zero attached hydrogens (tertiary/aromatic N) is 2. The predicted octanol–water partition coefficient (Wildman–Crippen LogP) is 2.71. The van der Waals surface area contributed by atoms with E-state index in [4.69, 9.17) is 4.74 Å². The highest BCUT2D eigenvalue weighted by atomic mass is 79.9. The number of pyridine rings is 1. The largest absolute Gasteiger partial charge is 0.465 e. The highest BCUT2D eigenvalue weighted by Crippen LogP contribution is 2.21. The average Bonchev–Trinajstić information content (AvgIpc) is 3.05. The van der Waals surface area contributed by atoms with Gasteiger partial charge in [0.1, 0.15) is 0 Å². The molecule has 7 heteroatoms. The van der Waals surface area contributed by atoms with Crippen molar-refractivity contribution in [3.05, 3.63) is 70.1 Å². The van der Waals surface area contributed by atoms with Crippen molar-refractivity contribution in [3.63, 3.8) is 0 Å². The number of nitrogens with one attached hydrogen (secondary N) is 1. The van der Waals surface area contributed by atoms with Gasteiger partial charge in [0.15, 0.2) is 5.65 Å². The maximum absolute atomic E-state index is 11.8. The lowest BCUT2D eigenvalue weighted by atomic mass is 10.1. The summed E-state index contributed by atoms with van der Waals surface area (Å²) >= 11 is 3.43. The lowest BCUT2D eigenvalue weighted by Gasteiger charge is -2.12. The summed E-state index contributed by atoms with van der Waals surface area (Å²) in [5, 5.41) is 13.4. The van der Waals surface area contributed by atoms with Gasteiger partial charge in [-0.25, -0.2) is 9.78 Å². The maximum Gasteiger partial charge on any atom is 0.339 e. The fraction of sp³-hybridized carbons (Fsp3) is 0.222. The van der Waals surface area contributed by atoms with Gasteiger partial charge in [-0.1, -0.05) is 30.3 Å². The number of hydrogen-bond acceptors (Lipinski definition) is 5. The van der Waals surface area contributed by atoms with Gasteiger partial charge in [-0.3, -0.25) is 0 Å². The van der Waals surface area contributed by atoms with Crippen molar-refractivity contribution >= 4 is 27.5 Å². The smallest absolute Gasteiger partial charge is 0.339 e. The van der Waals surface area contributed by atoms with E-state index in [1.165, 1.54) is 7.11 Å². The van der Waals surface area contributed by atoms with E-state index in [1.807, 2.05) is 34.7 Å². The van der Waals surface area contributed by atoms with Crippen molar-refractivity contribution < 1.29 is 14.6 Å². The average molecular weight is 404 g/mol. The monoisotopic (exact) mass is 403 g/mol. The van der Waals surface area contributed by atoms with E-state index in [9.17, 15) is 9.90 Å². The van der Waals surface area contributed by atoms with E-state index in [0.717, 1.165) is 11.3 Å². The number of rotatable bonds is 6. The number of esters is 1. The molecule has 0 radical (unpaired) electrons. The fourth-order valence-electron chi connectivity index (χ4n) is 2.58. The van der Waals surface area contributed by atoms with Gasteiger partial charge in [0, 0.05) is 19.3 Å². The number of imidazole rings is 1. The van der Waals surface area contributed by atoms with Gasteiger partial charge in [-0.05, 0) is 27.6 Å². The number of benzene rings is 1. The summed E-state index contributed by atoms with van der Waals surface area (Å²) in [6, 6.07) is 11.2. The normalized spacial score (nSPS) is 12.3.